The Morgan fingerprint density at radius 1 is 1.26 bits per heavy atom. The topological polar surface area (TPSA) is 123 Å². The smallest absolute Gasteiger partial charge is 0.422 e. The van der Waals surface area contributed by atoms with Gasteiger partial charge in [-0.3, -0.25) is 0 Å². The fourth-order valence-electron chi connectivity index (χ4n) is 6.22. The summed E-state index contributed by atoms with van der Waals surface area (Å²) in [5.74, 6) is 1.04. The maximum Gasteiger partial charge on any atom is 0.422 e. The minimum absolute atomic E-state index is 0.00490. The number of rotatable bonds is 7. The van der Waals surface area contributed by atoms with Gasteiger partial charge in [-0.2, -0.15) is 13.2 Å². The third kappa shape index (κ3) is 4.33. The van der Waals surface area contributed by atoms with Gasteiger partial charge in [0.1, 0.15) is 5.76 Å². The van der Waals surface area contributed by atoms with Crippen molar-refractivity contribution in [3.63, 3.8) is 0 Å². The maximum absolute atomic E-state index is 12.9. The van der Waals surface area contributed by atoms with Crippen molar-refractivity contribution >= 4 is 17.4 Å². The number of guanidine groups is 1. The highest BCUT2D eigenvalue weighted by Crippen LogP contribution is 2.51. The molecule has 0 spiro atoms. The quantitative estimate of drug-likeness (QED) is 0.492. The first-order chi connectivity index (χ1) is 17.9. The number of fused-ring (bicyclic) bond motifs is 2. The summed E-state index contributed by atoms with van der Waals surface area (Å²) in [5, 5.41) is 3.39. The standard InChI is InChI=1S/C26H34F3N7O2/c1-5-24(30)18-11-36(15-8-9-32-19(10-15)37-4)12-25(18,31)22(24)35-23-33-20-16(14(2)3)6-7-17(21(20)34-23)38-13-26(27,28)29/h6-10,14,18,21-22H,5,11-13,30-31H2,1-4H3,(H,34,35)/t18?,21?,22-,24+,25+/m1/s1. The molecule has 12 heteroatoms. The lowest BCUT2D eigenvalue weighted by atomic mass is 9.51. The van der Waals surface area contributed by atoms with Crippen LogP contribution in [0.5, 0.6) is 5.88 Å². The molecular formula is C26H34F3N7O2. The Hall–Kier alpha value is -3.12. The number of nitrogens with zero attached hydrogens (tertiary/aromatic N) is 4. The molecule has 0 aromatic carbocycles. The number of ether oxygens (including phenoxy) is 2. The largest absolute Gasteiger partial charge is 0.486 e. The van der Waals surface area contributed by atoms with E-state index < -0.39 is 29.9 Å². The molecule has 0 bridgehead atoms. The highest BCUT2D eigenvalue weighted by Gasteiger charge is 2.70. The number of hydrogen-bond donors (Lipinski definition) is 3. The van der Waals surface area contributed by atoms with Crippen LogP contribution in [0.2, 0.25) is 0 Å². The van der Waals surface area contributed by atoms with Crippen LogP contribution in [0.25, 0.3) is 0 Å². The molecule has 0 radical (unpaired) electrons. The summed E-state index contributed by atoms with van der Waals surface area (Å²) in [6, 6.07) is 2.68. The molecule has 4 aliphatic rings. The van der Waals surface area contributed by atoms with Gasteiger partial charge in [0, 0.05) is 42.5 Å². The molecule has 9 nitrogen and oxygen atoms in total. The molecule has 1 aromatic heterocycles. The van der Waals surface area contributed by atoms with Gasteiger partial charge in [0.15, 0.2) is 12.6 Å². The van der Waals surface area contributed by atoms with Crippen LogP contribution in [0.3, 0.4) is 0 Å². The molecule has 5 atom stereocenters. The van der Waals surface area contributed by atoms with Gasteiger partial charge in [-0.15, -0.1) is 0 Å². The van der Waals surface area contributed by atoms with Crippen molar-refractivity contribution in [2.75, 3.05) is 31.7 Å². The van der Waals surface area contributed by atoms with E-state index in [9.17, 15) is 13.2 Å². The molecule has 206 valence electrons. The molecule has 2 aliphatic heterocycles. The van der Waals surface area contributed by atoms with E-state index in [2.05, 4.69) is 20.2 Å². The zero-order valence-corrected chi connectivity index (χ0v) is 21.9. The van der Waals surface area contributed by atoms with Crippen molar-refractivity contribution in [3.05, 3.63) is 41.8 Å². The lowest BCUT2D eigenvalue weighted by molar-refractivity contribution is -0.165. The highest BCUT2D eigenvalue weighted by atomic mass is 19.4. The van der Waals surface area contributed by atoms with Crippen LogP contribution in [0, 0.1) is 11.8 Å². The fourth-order valence-corrected chi connectivity index (χ4v) is 6.22. The molecule has 2 fully saturated rings. The molecule has 38 heavy (non-hydrogen) atoms. The Morgan fingerprint density at radius 2 is 2.03 bits per heavy atom. The minimum atomic E-state index is -4.45. The van der Waals surface area contributed by atoms with Gasteiger partial charge in [-0.1, -0.05) is 26.8 Å². The predicted molar refractivity (Wildman–Crippen MR) is 139 cm³/mol. The molecule has 1 saturated carbocycles. The molecule has 1 saturated heterocycles. The maximum atomic E-state index is 12.9. The van der Waals surface area contributed by atoms with Gasteiger partial charge in [0.2, 0.25) is 11.8 Å². The van der Waals surface area contributed by atoms with Gasteiger partial charge >= 0.3 is 6.18 Å². The Bertz CT molecular complexity index is 1230. The normalized spacial score (nSPS) is 32.1. The number of allylic oxidation sites excluding steroid dienone is 2. The van der Waals surface area contributed by atoms with E-state index in [0.29, 0.717) is 37.1 Å². The van der Waals surface area contributed by atoms with Crippen LogP contribution in [-0.2, 0) is 4.74 Å². The van der Waals surface area contributed by atoms with Crippen molar-refractivity contribution in [2.45, 2.75) is 56.5 Å². The van der Waals surface area contributed by atoms with E-state index in [1.807, 2.05) is 32.9 Å². The summed E-state index contributed by atoms with van der Waals surface area (Å²) in [5.41, 5.74) is 15.1. The minimum Gasteiger partial charge on any atom is -0.486 e. The predicted octanol–water partition coefficient (Wildman–Crippen LogP) is 2.54. The van der Waals surface area contributed by atoms with Crippen LogP contribution in [0.1, 0.15) is 27.2 Å². The molecule has 3 heterocycles. The summed E-state index contributed by atoms with van der Waals surface area (Å²) in [7, 11) is 1.57. The first kappa shape index (κ1) is 26.5. The van der Waals surface area contributed by atoms with E-state index in [1.165, 1.54) is 0 Å². The van der Waals surface area contributed by atoms with E-state index in [1.54, 1.807) is 25.5 Å². The van der Waals surface area contributed by atoms with Crippen molar-refractivity contribution in [1.29, 1.82) is 0 Å². The number of anilines is 1. The zero-order valence-electron chi connectivity index (χ0n) is 21.9. The summed E-state index contributed by atoms with van der Waals surface area (Å²) in [6.07, 6.45) is 1.22. The molecular weight excluding hydrogens is 499 g/mol. The highest BCUT2D eigenvalue weighted by molar-refractivity contribution is 6.16. The number of nitrogens with two attached hydrogens (primary N) is 2. The summed E-state index contributed by atoms with van der Waals surface area (Å²) >= 11 is 0. The van der Waals surface area contributed by atoms with Crippen LogP contribution in [0.15, 0.2) is 51.8 Å². The number of nitrogens with one attached hydrogen (secondary N) is 1. The fraction of sp³-hybridized carbons (Fsp3) is 0.577. The van der Waals surface area contributed by atoms with Crippen LogP contribution < -0.4 is 26.4 Å². The first-order valence-corrected chi connectivity index (χ1v) is 12.8. The molecule has 2 unspecified atom stereocenters. The summed E-state index contributed by atoms with van der Waals surface area (Å²) in [4.78, 5) is 15.7. The number of aromatic nitrogens is 1. The number of hydrogen-bond acceptors (Lipinski definition) is 9. The zero-order chi connectivity index (χ0) is 27.5. The van der Waals surface area contributed by atoms with Crippen LogP contribution in [-0.4, -0.2) is 72.8 Å². The average molecular weight is 534 g/mol. The molecule has 5 N–H and O–H groups in total. The lowest BCUT2D eigenvalue weighted by Gasteiger charge is -2.62. The second-order valence-electron chi connectivity index (χ2n) is 10.7. The lowest BCUT2D eigenvalue weighted by Crippen LogP contribution is -2.88. The first-order valence-electron chi connectivity index (χ1n) is 12.8. The number of halogens is 3. The number of methoxy groups -OCH3 is 1. The SMILES string of the molecule is CC[C@]1(N)C2CN(c3ccnc(OC)c3)C[C@@]2(N)[C@@H]1NC1=NC2C(OCC(F)(F)F)=CC=C(C(C)C)C2=N1. The van der Waals surface area contributed by atoms with E-state index in [-0.39, 0.29) is 23.6 Å². The number of pyridine rings is 1. The van der Waals surface area contributed by atoms with E-state index in [4.69, 9.17) is 25.9 Å². The Labute approximate surface area is 219 Å². The number of alkyl halides is 3. The van der Waals surface area contributed by atoms with Crippen LogP contribution in [0.4, 0.5) is 18.9 Å². The van der Waals surface area contributed by atoms with Gasteiger partial charge in [-0.05, 0) is 30.1 Å². The van der Waals surface area contributed by atoms with Gasteiger partial charge in [0.25, 0.3) is 0 Å². The van der Waals surface area contributed by atoms with E-state index in [0.717, 1.165) is 11.3 Å². The van der Waals surface area contributed by atoms with Gasteiger partial charge < -0.3 is 31.2 Å². The van der Waals surface area contributed by atoms with E-state index >= 15 is 0 Å². The molecule has 0 amide bonds. The van der Waals surface area contributed by atoms with Crippen molar-refractivity contribution in [2.24, 2.45) is 33.3 Å². The van der Waals surface area contributed by atoms with Crippen molar-refractivity contribution in [3.8, 4) is 5.88 Å². The Kier molecular flexibility index (Phi) is 6.46. The van der Waals surface area contributed by atoms with Crippen molar-refractivity contribution in [1.82, 2.24) is 10.3 Å². The molecule has 2 aliphatic carbocycles. The van der Waals surface area contributed by atoms with Crippen LogP contribution >= 0.6 is 0 Å². The Morgan fingerprint density at radius 3 is 2.68 bits per heavy atom. The molecule has 5 rings (SSSR count). The Balaban J connectivity index is 1.39. The van der Waals surface area contributed by atoms with Crippen molar-refractivity contribution < 1.29 is 22.6 Å². The van der Waals surface area contributed by atoms with Gasteiger partial charge in [-0.25, -0.2) is 15.0 Å². The monoisotopic (exact) mass is 533 g/mol. The second-order valence-corrected chi connectivity index (χ2v) is 10.7. The average Bonchev–Trinajstić information content (AvgIpc) is 3.45. The molecule has 1 aromatic rings. The summed E-state index contributed by atoms with van der Waals surface area (Å²) in [6.45, 7) is 5.86. The number of aliphatic imine (C=N–C) groups is 2. The third-order valence-corrected chi connectivity index (χ3v) is 8.17. The van der Waals surface area contributed by atoms with Gasteiger partial charge in [0.05, 0.1) is 24.4 Å². The third-order valence-electron chi connectivity index (χ3n) is 8.17. The second kappa shape index (κ2) is 9.26. The summed E-state index contributed by atoms with van der Waals surface area (Å²) < 4.78 is 49.0.